The Balaban J connectivity index is 1.60. The summed E-state index contributed by atoms with van der Waals surface area (Å²) >= 11 is 0. The minimum Gasteiger partial charge on any atom is -0.508 e. The summed E-state index contributed by atoms with van der Waals surface area (Å²) in [5, 5.41) is 16.6. The fourth-order valence-electron chi connectivity index (χ4n) is 2.57. The van der Waals surface area contributed by atoms with Crippen LogP contribution in [0, 0.1) is 5.92 Å². The van der Waals surface area contributed by atoms with Crippen molar-refractivity contribution in [2.24, 2.45) is 5.92 Å². The monoisotopic (exact) mass is 273 g/mol. The van der Waals surface area contributed by atoms with Crippen molar-refractivity contribution in [2.45, 2.75) is 25.7 Å². The molecule has 2 aromatic rings. The molecule has 1 aromatic heterocycles. The molecular weight excluding hydrogens is 254 g/mol. The van der Waals surface area contributed by atoms with Gasteiger partial charge < -0.3 is 14.9 Å². The van der Waals surface area contributed by atoms with E-state index in [1.165, 1.54) is 12.8 Å². The molecule has 5 heteroatoms. The molecule has 1 saturated heterocycles. The van der Waals surface area contributed by atoms with Crippen LogP contribution in [0.25, 0.3) is 0 Å². The van der Waals surface area contributed by atoms with Crippen LogP contribution < -0.4 is 5.32 Å². The van der Waals surface area contributed by atoms with E-state index in [2.05, 4.69) is 15.5 Å². The highest BCUT2D eigenvalue weighted by Gasteiger charge is 2.17. The Labute approximate surface area is 118 Å². The van der Waals surface area contributed by atoms with E-state index in [0.717, 1.165) is 31.0 Å². The Kier molecular flexibility index (Phi) is 3.97. The first-order valence-corrected chi connectivity index (χ1v) is 7.10. The third kappa shape index (κ3) is 3.36. The molecule has 2 heterocycles. The fourth-order valence-corrected chi connectivity index (χ4v) is 2.57. The molecule has 0 atom stereocenters. The number of hydrogen-bond acceptors (Lipinski definition) is 5. The van der Waals surface area contributed by atoms with Crippen molar-refractivity contribution in [1.29, 1.82) is 0 Å². The lowest BCUT2D eigenvalue weighted by atomic mass is 9.95. The average Bonchev–Trinajstić information content (AvgIpc) is 2.90. The highest BCUT2D eigenvalue weighted by atomic mass is 16.5. The number of phenols is 1. The molecule has 0 unspecified atom stereocenters. The standard InChI is InChI=1S/C15H19N3O2/c19-13-3-1-11(2-4-13)9-14-17-15(20-18-14)10-12-5-7-16-8-6-12/h1-4,12,16,19H,5-10H2. The lowest BCUT2D eigenvalue weighted by Crippen LogP contribution is -2.28. The molecule has 0 radical (unpaired) electrons. The summed E-state index contributed by atoms with van der Waals surface area (Å²) < 4.78 is 5.33. The van der Waals surface area contributed by atoms with Crippen LogP contribution >= 0.6 is 0 Å². The van der Waals surface area contributed by atoms with Crippen LogP contribution in [0.5, 0.6) is 5.75 Å². The van der Waals surface area contributed by atoms with Gasteiger partial charge in [-0.05, 0) is 49.5 Å². The van der Waals surface area contributed by atoms with Crippen LogP contribution in [0.15, 0.2) is 28.8 Å². The molecule has 0 amide bonds. The molecule has 20 heavy (non-hydrogen) atoms. The topological polar surface area (TPSA) is 71.2 Å². The number of aromatic nitrogens is 2. The second kappa shape index (κ2) is 6.05. The minimum atomic E-state index is 0.272. The maximum absolute atomic E-state index is 9.25. The number of nitrogens with zero attached hydrogens (tertiary/aromatic N) is 2. The molecule has 106 valence electrons. The van der Waals surface area contributed by atoms with Crippen LogP contribution in [0.1, 0.15) is 30.1 Å². The predicted octanol–water partition coefficient (Wildman–Crippen LogP) is 1.91. The smallest absolute Gasteiger partial charge is 0.226 e. The predicted molar refractivity (Wildman–Crippen MR) is 74.5 cm³/mol. The van der Waals surface area contributed by atoms with Crippen LogP contribution in [-0.2, 0) is 12.8 Å². The van der Waals surface area contributed by atoms with Gasteiger partial charge in [-0.15, -0.1) is 0 Å². The lowest BCUT2D eigenvalue weighted by molar-refractivity contribution is 0.312. The van der Waals surface area contributed by atoms with E-state index in [-0.39, 0.29) is 5.75 Å². The lowest BCUT2D eigenvalue weighted by Gasteiger charge is -2.20. The highest BCUT2D eigenvalue weighted by Crippen LogP contribution is 2.18. The fraction of sp³-hybridized carbons (Fsp3) is 0.467. The van der Waals surface area contributed by atoms with Gasteiger partial charge >= 0.3 is 0 Å². The molecule has 3 rings (SSSR count). The molecule has 0 spiro atoms. The van der Waals surface area contributed by atoms with Gasteiger partial charge in [-0.2, -0.15) is 4.98 Å². The molecule has 1 aromatic carbocycles. The molecule has 0 saturated carbocycles. The van der Waals surface area contributed by atoms with Gasteiger partial charge in [-0.3, -0.25) is 0 Å². The molecule has 0 bridgehead atoms. The first-order valence-electron chi connectivity index (χ1n) is 7.10. The van der Waals surface area contributed by atoms with Gasteiger partial charge in [0.15, 0.2) is 5.82 Å². The Morgan fingerprint density at radius 2 is 1.95 bits per heavy atom. The van der Waals surface area contributed by atoms with Crippen molar-refractivity contribution < 1.29 is 9.63 Å². The summed E-state index contributed by atoms with van der Waals surface area (Å²) in [6.07, 6.45) is 3.87. The zero-order chi connectivity index (χ0) is 13.8. The summed E-state index contributed by atoms with van der Waals surface area (Å²) in [4.78, 5) is 4.46. The third-order valence-electron chi connectivity index (χ3n) is 3.73. The maximum Gasteiger partial charge on any atom is 0.226 e. The van der Waals surface area contributed by atoms with Crippen LogP contribution in [0.3, 0.4) is 0 Å². The summed E-state index contributed by atoms with van der Waals surface area (Å²) in [6.45, 7) is 2.17. The number of phenolic OH excluding ortho intramolecular Hbond substituents is 1. The molecular formula is C15H19N3O2. The van der Waals surface area contributed by atoms with Gasteiger partial charge in [0.25, 0.3) is 0 Å². The number of benzene rings is 1. The zero-order valence-electron chi connectivity index (χ0n) is 11.4. The Morgan fingerprint density at radius 1 is 1.20 bits per heavy atom. The third-order valence-corrected chi connectivity index (χ3v) is 3.73. The SMILES string of the molecule is Oc1ccc(Cc2noc(CC3CCNCC3)n2)cc1. The summed E-state index contributed by atoms with van der Waals surface area (Å²) in [5.74, 6) is 2.37. The van der Waals surface area contributed by atoms with Crippen molar-refractivity contribution in [3.8, 4) is 5.75 Å². The van der Waals surface area contributed by atoms with E-state index in [1.807, 2.05) is 12.1 Å². The van der Waals surface area contributed by atoms with Gasteiger partial charge in [0.1, 0.15) is 5.75 Å². The van der Waals surface area contributed by atoms with E-state index in [4.69, 9.17) is 4.52 Å². The Morgan fingerprint density at radius 3 is 2.70 bits per heavy atom. The van der Waals surface area contributed by atoms with Crippen LogP contribution in [-0.4, -0.2) is 28.3 Å². The van der Waals surface area contributed by atoms with Crippen LogP contribution in [0.2, 0.25) is 0 Å². The molecule has 1 fully saturated rings. The van der Waals surface area contributed by atoms with Gasteiger partial charge in [0, 0.05) is 12.8 Å². The van der Waals surface area contributed by atoms with Crippen LogP contribution in [0.4, 0.5) is 0 Å². The number of piperidine rings is 1. The largest absolute Gasteiger partial charge is 0.508 e. The van der Waals surface area contributed by atoms with Crippen molar-refractivity contribution in [3.63, 3.8) is 0 Å². The number of hydrogen-bond donors (Lipinski definition) is 2. The number of aromatic hydroxyl groups is 1. The van der Waals surface area contributed by atoms with Crippen molar-refractivity contribution >= 4 is 0 Å². The average molecular weight is 273 g/mol. The minimum absolute atomic E-state index is 0.272. The highest BCUT2D eigenvalue weighted by molar-refractivity contribution is 5.27. The van der Waals surface area contributed by atoms with E-state index in [9.17, 15) is 5.11 Å². The Hall–Kier alpha value is -1.88. The van der Waals surface area contributed by atoms with E-state index in [1.54, 1.807) is 12.1 Å². The van der Waals surface area contributed by atoms with E-state index in [0.29, 0.717) is 18.2 Å². The first-order chi connectivity index (χ1) is 9.79. The van der Waals surface area contributed by atoms with Gasteiger partial charge in [-0.25, -0.2) is 0 Å². The van der Waals surface area contributed by atoms with E-state index < -0.39 is 0 Å². The van der Waals surface area contributed by atoms with Crippen molar-refractivity contribution in [1.82, 2.24) is 15.5 Å². The summed E-state index contributed by atoms with van der Waals surface area (Å²) in [7, 11) is 0. The zero-order valence-corrected chi connectivity index (χ0v) is 11.4. The molecule has 2 N–H and O–H groups in total. The normalized spacial score (nSPS) is 16.4. The van der Waals surface area contributed by atoms with Gasteiger partial charge in [0.05, 0.1) is 0 Å². The summed E-state index contributed by atoms with van der Waals surface area (Å²) in [5.41, 5.74) is 1.07. The number of rotatable bonds is 4. The van der Waals surface area contributed by atoms with Crippen molar-refractivity contribution in [2.75, 3.05) is 13.1 Å². The number of nitrogens with one attached hydrogen (secondary N) is 1. The quantitative estimate of drug-likeness (QED) is 0.890. The molecule has 0 aliphatic carbocycles. The molecule has 1 aliphatic rings. The van der Waals surface area contributed by atoms with Crippen molar-refractivity contribution in [3.05, 3.63) is 41.5 Å². The second-order valence-electron chi connectivity index (χ2n) is 5.35. The second-order valence-corrected chi connectivity index (χ2v) is 5.35. The Bertz CT molecular complexity index is 545. The molecule has 5 nitrogen and oxygen atoms in total. The first kappa shape index (κ1) is 13.1. The summed E-state index contributed by atoms with van der Waals surface area (Å²) in [6, 6.07) is 7.09. The maximum atomic E-state index is 9.25. The van der Waals surface area contributed by atoms with Gasteiger partial charge in [0.2, 0.25) is 5.89 Å². The molecule has 1 aliphatic heterocycles. The van der Waals surface area contributed by atoms with E-state index >= 15 is 0 Å². The van der Waals surface area contributed by atoms with Gasteiger partial charge in [-0.1, -0.05) is 17.3 Å².